The predicted molar refractivity (Wildman–Crippen MR) is 76.1 cm³/mol. The lowest BCUT2D eigenvalue weighted by molar-refractivity contribution is 0.0667. The van der Waals surface area contributed by atoms with Crippen molar-refractivity contribution in [3.05, 3.63) is 23.2 Å². The number of nitrogens with zero attached hydrogens (tertiary/aromatic N) is 1. The summed E-state index contributed by atoms with van der Waals surface area (Å²) in [5.74, 6) is 2.08. The number of furan rings is 1. The van der Waals surface area contributed by atoms with Gasteiger partial charge in [0.05, 0.1) is 12.6 Å². The average Bonchev–Trinajstić information content (AvgIpc) is 2.58. The first-order valence-electron chi connectivity index (χ1n) is 7.32. The Balaban J connectivity index is 1.95. The van der Waals surface area contributed by atoms with Crippen LogP contribution >= 0.6 is 0 Å². The summed E-state index contributed by atoms with van der Waals surface area (Å²) in [6.45, 7) is 12.1. The van der Waals surface area contributed by atoms with E-state index in [0.29, 0.717) is 6.10 Å². The summed E-state index contributed by atoms with van der Waals surface area (Å²) in [5.41, 5.74) is 1.31. The van der Waals surface area contributed by atoms with Gasteiger partial charge in [0.1, 0.15) is 11.5 Å². The van der Waals surface area contributed by atoms with Crippen molar-refractivity contribution in [2.24, 2.45) is 0 Å². The topological polar surface area (TPSA) is 37.6 Å². The number of nitrogens with one attached hydrogen (secondary N) is 1. The van der Waals surface area contributed by atoms with Gasteiger partial charge in [0, 0.05) is 31.8 Å². The zero-order valence-electron chi connectivity index (χ0n) is 12.4. The summed E-state index contributed by atoms with van der Waals surface area (Å²) < 4.78 is 11.5. The predicted octanol–water partition coefficient (Wildman–Crippen LogP) is 2.31. The van der Waals surface area contributed by atoms with Crippen molar-refractivity contribution < 1.29 is 9.15 Å². The van der Waals surface area contributed by atoms with Crippen LogP contribution in [0.1, 0.15) is 37.4 Å². The zero-order valence-corrected chi connectivity index (χ0v) is 12.4. The Bertz CT molecular complexity index is 389. The van der Waals surface area contributed by atoms with E-state index in [0.717, 1.165) is 57.3 Å². The van der Waals surface area contributed by atoms with Crippen molar-refractivity contribution in [2.75, 3.05) is 26.2 Å². The molecule has 4 heteroatoms. The van der Waals surface area contributed by atoms with E-state index in [1.54, 1.807) is 0 Å². The maximum absolute atomic E-state index is 5.80. The molecule has 4 nitrogen and oxygen atoms in total. The molecule has 0 amide bonds. The van der Waals surface area contributed by atoms with Crippen molar-refractivity contribution in [1.82, 2.24) is 10.2 Å². The minimum atomic E-state index is 0.330. The van der Waals surface area contributed by atoms with E-state index in [1.165, 1.54) is 5.56 Å². The Morgan fingerprint density at radius 3 is 3.11 bits per heavy atom. The fourth-order valence-electron chi connectivity index (χ4n) is 2.54. The number of hydrogen-bond acceptors (Lipinski definition) is 4. The molecule has 0 aliphatic carbocycles. The molecule has 1 saturated heterocycles. The van der Waals surface area contributed by atoms with E-state index in [2.05, 4.69) is 37.1 Å². The summed E-state index contributed by atoms with van der Waals surface area (Å²) >= 11 is 0. The summed E-state index contributed by atoms with van der Waals surface area (Å²) in [7, 11) is 0. The third-order valence-electron chi connectivity index (χ3n) is 3.55. The third-order valence-corrected chi connectivity index (χ3v) is 3.55. The summed E-state index contributed by atoms with van der Waals surface area (Å²) in [5, 5.41) is 3.30. The minimum Gasteiger partial charge on any atom is -0.465 e. The molecule has 1 aliphatic heterocycles. The Kier molecular flexibility index (Phi) is 5.43. The molecule has 2 heterocycles. The van der Waals surface area contributed by atoms with E-state index in [4.69, 9.17) is 9.15 Å². The summed E-state index contributed by atoms with van der Waals surface area (Å²) in [6.07, 6.45) is 1.45. The Labute approximate surface area is 116 Å². The van der Waals surface area contributed by atoms with Gasteiger partial charge in [-0.05, 0) is 32.9 Å². The van der Waals surface area contributed by atoms with Crippen molar-refractivity contribution in [3.63, 3.8) is 0 Å². The van der Waals surface area contributed by atoms with Crippen molar-refractivity contribution >= 4 is 0 Å². The van der Waals surface area contributed by atoms with Crippen LogP contribution < -0.4 is 5.32 Å². The van der Waals surface area contributed by atoms with Crippen LogP contribution in [-0.2, 0) is 17.8 Å². The second kappa shape index (κ2) is 7.08. The van der Waals surface area contributed by atoms with Gasteiger partial charge >= 0.3 is 0 Å². The first-order chi connectivity index (χ1) is 9.19. The fourth-order valence-corrected chi connectivity index (χ4v) is 2.54. The molecule has 1 aliphatic rings. The fraction of sp³-hybridized carbons (Fsp3) is 0.733. The van der Waals surface area contributed by atoms with Crippen LogP contribution in [0.25, 0.3) is 0 Å². The minimum absolute atomic E-state index is 0.330. The average molecular weight is 266 g/mol. The molecule has 0 bridgehead atoms. The normalized spacial score (nSPS) is 21.5. The molecule has 1 atom stereocenters. The summed E-state index contributed by atoms with van der Waals surface area (Å²) in [4.78, 5) is 2.46. The molecule has 1 unspecified atom stereocenters. The molecule has 1 N–H and O–H groups in total. The molecule has 1 fully saturated rings. The number of rotatable bonds is 5. The number of aryl methyl sites for hydroxylation is 1. The van der Waals surface area contributed by atoms with E-state index >= 15 is 0 Å². The lowest BCUT2D eigenvalue weighted by Gasteiger charge is -2.21. The molecule has 0 radical (unpaired) electrons. The molecule has 19 heavy (non-hydrogen) atoms. The van der Waals surface area contributed by atoms with Gasteiger partial charge in [-0.25, -0.2) is 0 Å². The third kappa shape index (κ3) is 4.34. The van der Waals surface area contributed by atoms with Crippen LogP contribution in [0.2, 0.25) is 0 Å². The Hall–Kier alpha value is -0.840. The van der Waals surface area contributed by atoms with E-state index in [-0.39, 0.29) is 0 Å². The SMILES string of the molecule is CCNCc1cc(CN2CCCOC(C)C2)c(C)o1. The van der Waals surface area contributed by atoms with Gasteiger partial charge in [0.25, 0.3) is 0 Å². The molecule has 108 valence electrons. The molecule has 0 saturated carbocycles. The van der Waals surface area contributed by atoms with Gasteiger partial charge < -0.3 is 14.5 Å². The first-order valence-corrected chi connectivity index (χ1v) is 7.32. The van der Waals surface area contributed by atoms with Gasteiger partial charge in [-0.15, -0.1) is 0 Å². The van der Waals surface area contributed by atoms with Crippen molar-refractivity contribution in [1.29, 1.82) is 0 Å². The molecular formula is C15H26N2O2. The maximum Gasteiger partial charge on any atom is 0.118 e. The number of hydrogen-bond donors (Lipinski definition) is 1. The van der Waals surface area contributed by atoms with Gasteiger partial charge in [0.15, 0.2) is 0 Å². The quantitative estimate of drug-likeness (QED) is 0.887. The van der Waals surface area contributed by atoms with Crippen molar-refractivity contribution in [2.45, 2.75) is 46.4 Å². The smallest absolute Gasteiger partial charge is 0.118 e. The molecule has 0 aromatic carbocycles. The largest absolute Gasteiger partial charge is 0.465 e. The highest BCUT2D eigenvalue weighted by atomic mass is 16.5. The molecule has 2 rings (SSSR count). The second-order valence-electron chi connectivity index (χ2n) is 5.34. The standard InChI is InChI=1S/C15H26N2O2/c1-4-16-9-15-8-14(13(3)19-15)11-17-6-5-7-18-12(2)10-17/h8,12,16H,4-7,9-11H2,1-3H3. The second-order valence-corrected chi connectivity index (χ2v) is 5.34. The van der Waals surface area contributed by atoms with Crippen LogP contribution in [0.4, 0.5) is 0 Å². The van der Waals surface area contributed by atoms with Crippen molar-refractivity contribution in [3.8, 4) is 0 Å². The first kappa shape index (κ1) is 14.6. The van der Waals surface area contributed by atoms with Gasteiger partial charge in [-0.1, -0.05) is 6.92 Å². The monoisotopic (exact) mass is 266 g/mol. The Morgan fingerprint density at radius 2 is 2.32 bits per heavy atom. The van der Waals surface area contributed by atoms with Crippen LogP contribution in [0.15, 0.2) is 10.5 Å². The van der Waals surface area contributed by atoms with Gasteiger partial charge in [0.2, 0.25) is 0 Å². The maximum atomic E-state index is 5.80. The van der Waals surface area contributed by atoms with Crippen LogP contribution in [-0.4, -0.2) is 37.2 Å². The van der Waals surface area contributed by atoms with E-state index in [9.17, 15) is 0 Å². The Morgan fingerprint density at radius 1 is 1.47 bits per heavy atom. The van der Waals surface area contributed by atoms with E-state index in [1.807, 2.05) is 0 Å². The highest BCUT2D eigenvalue weighted by Gasteiger charge is 2.17. The van der Waals surface area contributed by atoms with E-state index < -0.39 is 0 Å². The van der Waals surface area contributed by atoms with Crippen LogP contribution in [0, 0.1) is 6.92 Å². The van der Waals surface area contributed by atoms with Gasteiger partial charge in [-0.3, -0.25) is 4.90 Å². The zero-order chi connectivity index (χ0) is 13.7. The molecule has 1 aromatic rings. The number of ether oxygens (including phenoxy) is 1. The molecule has 1 aromatic heterocycles. The highest BCUT2D eigenvalue weighted by Crippen LogP contribution is 2.18. The summed E-state index contributed by atoms with van der Waals surface area (Å²) in [6, 6.07) is 2.19. The molecule has 0 spiro atoms. The lowest BCUT2D eigenvalue weighted by atomic mass is 10.2. The highest BCUT2D eigenvalue weighted by molar-refractivity contribution is 5.20. The van der Waals surface area contributed by atoms with Gasteiger partial charge in [-0.2, -0.15) is 0 Å². The molecular weight excluding hydrogens is 240 g/mol. The van der Waals surface area contributed by atoms with Crippen LogP contribution in [0.5, 0.6) is 0 Å². The lowest BCUT2D eigenvalue weighted by Crippen LogP contribution is -2.29. The van der Waals surface area contributed by atoms with Crippen LogP contribution in [0.3, 0.4) is 0 Å².